The van der Waals surface area contributed by atoms with Crippen LogP contribution in [0, 0.1) is 24.2 Å². The van der Waals surface area contributed by atoms with E-state index in [2.05, 4.69) is 6.92 Å². The van der Waals surface area contributed by atoms with Crippen molar-refractivity contribution >= 4 is 28.4 Å². The zero-order chi connectivity index (χ0) is 18.1. The van der Waals surface area contributed by atoms with Gasteiger partial charge in [-0.05, 0) is 43.4 Å². The Hall–Kier alpha value is -2.32. The van der Waals surface area contributed by atoms with Crippen molar-refractivity contribution in [3.63, 3.8) is 0 Å². The fourth-order valence-corrected chi connectivity index (χ4v) is 3.87. The van der Waals surface area contributed by atoms with Gasteiger partial charge in [0.2, 0.25) is 11.3 Å². The molecule has 2 aromatic rings. The summed E-state index contributed by atoms with van der Waals surface area (Å²) in [5.41, 5.74) is 1.02. The Balaban J connectivity index is 2.06. The van der Waals surface area contributed by atoms with Gasteiger partial charge in [0.1, 0.15) is 18.2 Å². The maximum absolute atomic E-state index is 12.7. The summed E-state index contributed by atoms with van der Waals surface area (Å²) in [6.45, 7) is 5.55. The molecule has 0 bridgehead atoms. The fraction of sp³-hybridized carbons (Fsp3) is 0.421. The maximum Gasteiger partial charge on any atom is 0.242 e. The summed E-state index contributed by atoms with van der Waals surface area (Å²) < 4.78 is 1.64. The molecule has 6 heteroatoms. The SMILES string of the molecule is Cc1cc(Cl)c2c(c1)c(=O)c(C#N)cn2CC(=O)N1CCCC(C)C1. The average molecular weight is 358 g/mol. The zero-order valence-electron chi connectivity index (χ0n) is 14.4. The Labute approximate surface area is 151 Å². The number of halogens is 1. The maximum atomic E-state index is 12.7. The molecule has 0 spiro atoms. The van der Waals surface area contributed by atoms with Crippen LogP contribution in [-0.4, -0.2) is 28.5 Å². The molecule has 1 aromatic carbocycles. The van der Waals surface area contributed by atoms with Gasteiger partial charge in [-0.15, -0.1) is 0 Å². The first kappa shape index (κ1) is 17.5. The highest BCUT2D eigenvalue weighted by Crippen LogP contribution is 2.24. The summed E-state index contributed by atoms with van der Waals surface area (Å²) in [5, 5.41) is 10.1. The molecule has 1 unspecified atom stereocenters. The number of carbonyl (C=O) groups is 1. The molecule has 1 fully saturated rings. The molecule has 0 saturated carbocycles. The first-order valence-electron chi connectivity index (χ1n) is 8.42. The average Bonchev–Trinajstić information content (AvgIpc) is 2.57. The quantitative estimate of drug-likeness (QED) is 0.829. The van der Waals surface area contributed by atoms with Crippen LogP contribution < -0.4 is 5.43 Å². The number of amides is 1. The molecule has 1 atom stereocenters. The van der Waals surface area contributed by atoms with Crippen LogP contribution in [0.4, 0.5) is 0 Å². The number of nitrogens with zero attached hydrogens (tertiary/aromatic N) is 3. The van der Waals surface area contributed by atoms with Crippen molar-refractivity contribution in [1.82, 2.24) is 9.47 Å². The van der Waals surface area contributed by atoms with E-state index in [9.17, 15) is 14.9 Å². The number of fused-ring (bicyclic) bond motifs is 1. The highest BCUT2D eigenvalue weighted by molar-refractivity contribution is 6.35. The van der Waals surface area contributed by atoms with Crippen molar-refractivity contribution in [2.24, 2.45) is 5.92 Å². The third-order valence-electron chi connectivity index (χ3n) is 4.70. The van der Waals surface area contributed by atoms with Crippen LogP contribution in [0.3, 0.4) is 0 Å². The molecule has 0 N–H and O–H groups in total. The molecule has 1 amide bonds. The summed E-state index contributed by atoms with van der Waals surface area (Å²) in [7, 11) is 0. The van der Waals surface area contributed by atoms with Crippen LogP contribution in [0.1, 0.15) is 30.9 Å². The lowest BCUT2D eigenvalue weighted by atomic mass is 10.0. The van der Waals surface area contributed by atoms with Gasteiger partial charge in [-0.2, -0.15) is 5.26 Å². The Kier molecular flexibility index (Phi) is 4.82. The second-order valence-corrected chi connectivity index (χ2v) is 7.25. The second kappa shape index (κ2) is 6.89. The topological polar surface area (TPSA) is 66.1 Å². The zero-order valence-corrected chi connectivity index (χ0v) is 15.1. The summed E-state index contributed by atoms with van der Waals surface area (Å²) in [6.07, 6.45) is 3.58. The molecule has 0 aliphatic carbocycles. The van der Waals surface area contributed by atoms with Gasteiger partial charge in [0.05, 0.1) is 10.5 Å². The first-order chi connectivity index (χ1) is 11.9. The van der Waals surface area contributed by atoms with Gasteiger partial charge in [-0.25, -0.2) is 0 Å². The molecule has 1 aliphatic heterocycles. The predicted molar refractivity (Wildman–Crippen MR) is 97.6 cm³/mol. The number of likely N-dealkylation sites (tertiary alicyclic amines) is 1. The molecule has 5 nitrogen and oxygen atoms in total. The molecule has 1 aliphatic rings. The van der Waals surface area contributed by atoms with Crippen LogP contribution in [0.25, 0.3) is 10.9 Å². The van der Waals surface area contributed by atoms with E-state index in [1.807, 2.05) is 17.9 Å². The molecule has 3 rings (SSSR count). The highest BCUT2D eigenvalue weighted by atomic mass is 35.5. The van der Waals surface area contributed by atoms with Gasteiger partial charge in [-0.1, -0.05) is 18.5 Å². The lowest BCUT2D eigenvalue weighted by Gasteiger charge is -2.31. The van der Waals surface area contributed by atoms with Crippen LogP contribution >= 0.6 is 11.6 Å². The Morgan fingerprint density at radius 3 is 2.88 bits per heavy atom. The summed E-state index contributed by atoms with van der Waals surface area (Å²) in [4.78, 5) is 27.0. The van der Waals surface area contributed by atoms with E-state index in [1.165, 1.54) is 6.20 Å². The fourth-order valence-electron chi connectivity index (χ4n) is 3.49. The summed E-state index contributed by atoms with van der Waals surface area (Å²) in [5.74, 6) is 0.474. The molecular formula is C19H20ClN3O2. The lowest BCUT2D eigenvalue weighted by molar-refractivity contribution is -0.133. The molecule has 130 valence electrons. The Bertz CT molecular complexity index is 942. The minimum atomic E-state index is -0.349. The summed E-state index contributed by atoms with van der Waals surface area (Å²) >= 11 is 6.36. The normalized spacial score (nSPS) is 17.5. The van der Waals surface area contributed by atoms with Crippen molar-refractivity contribution in [3.8, 4) is 6.07 Å². The van der Waals surface area contributed by atoms with Crippen molar-refractivity contribution in [3.05, 3.63) is 44.7 Å². The molecule has 1 aromatic heterocycles. The number of nitriles is 1. The minimum absolute atomic E-state index is 0.0166. The van der Waals surface area contributed by atoms with E-state index in [0.717, 1.165) is 31.5 Å². The number of aromatic nitrogens is 1. The number of pyridine rings is 1. The van der Waals surface area contributed by atoms with E-state index in [-0.39, 0.29) is 23.4 Å². The van der Waals surface area contributed by atoms with Crippen LogP contribution in [-0.2, 0) is 11.3 Å². The van der Waals surface area contributed by atoms with Gasteiger partial charge in [0, 0.05) is 24.7 Å². The van der Waals surface area contributed by atoms with Gasteiger partial charge < -0.3 is 9.47 Å². The number of rotatable bonds is 2. The Morgan fingerprint density at radius 2 is 2.20 bits per heavy atom. The number of hydrogen-bond acceptors (Lipinski definition) is 3. The Morgan fingerprint density at radius 1 is 1.44 bits per heavy atom. The van der Waals surface area contributed by atoms with Gasteiger partial charge in [0.25, 0.3) is 0 Å². The number of benzene rings is 1. The van der Waals surface area contributed by atoms with Gasteiger partial charge >= 0.3 is 0 Å². The number of aryl methyl sites for hydroxylation is 1. The van der Waals surface area contributed by atoms with Gasteiger partial charge in [-0.3, -0.25) is 9.59 Å². The highest BCUT2D eigenvalue weighted by Gasteiger charge is 2.22. The van der Waals surface area contributed by atoms with Crippen molar-refractivity contribution in [1.29, 1.82) is 5.26 Å². The summed E-state index contributed by atoms with van der Waals surface area (Å²) in [6, 6.07) is 5.41. The number of hydrogen-bond donors (Lipinski definition) is 0. The van der Waals surface area contributed by atoms with E-state index >= 15 is 0 Å². The van der Waals surface area contributed by atoms with Crippen LogP contribution in [0.5, 0.6) is 0 Å². The smallest absolute Gasteiger partial charge is 0.242 e. The van der Waals surface area contributed by atoms with Crippen molar-refractivity contribution in [2.75, 3.05) is 13.1 Å². The standard InChI is InChI=1S/C19H20ClN3O2/c1-12-4-3-5-22(9-12)17(24)11-23-10-14(8-21)19(25)15-6-13(2)7-16(20)18(15)23/h6-7,10,12H,3-5,9,11H2,1-2H3. The third-order valence-corrected chi connectivity index (χ3v) is 4.99. The first-order valence-corrected chi connectivity index (χ1v) is 8.79. The van der Waals surface area contributed by atoms with Gasteiger partial charge in [0.15, 0.2) is 0 Å². The molecule has 2 heterocycles. The van der Waals surface area contributed by atoms with E-state index in [4.69, 9.17) is 11.6 Å². The molecule has 25 heavy (non-hydrogen) atoms. The van der Waals surface area contributed by atoms with Crippen LogP contribution in [0.15, 0.2) is 23.1 Å². The third kappa shape index (κ3) is 3.40. The van der Waals surface area contributed by atoms with Crippen molar-refractivity contribution in [2.45, 2.75) is 33.2 Å². The van der Waals surface area contributed by atoms with E-state index in [0.29, 0.717) is 21.8 Å². The number of piperidine rings is 1. The van der Waals surface area contributed by atoms with E-state index in [1.54, 1.807) is 16.7 Å². The second-order valence-electron chi connectivity index (χ2n) is 6.84. The van der Waals surface area contributed by atoms with E-state index < -0.39 is 0 Å². The largest absolute Gasteiger partial charge is 0.341 e. The number of carbonyl (C=O) groups excluding carboxylic acids is 1. The minimum Gasteiger partial charge on any atom is -0.341 e. The molecule has 1 saturated heterocycles. The lowest BCUT2D eigenvalue weighted by Crippen LogP contribution is -2.41. The van der Waals surface area contributed by atoms with Crippen LogP contribution in [0.2, 0.25) is 5.02 Å². The molecular weight excluding hydrogens is 338 g/mol. The van der Waals surface area contributed by atoms with Crippen molar-refractivity contribution < 1.29 is 4.79 Å². The predicted octanol–water partition coefficient (Wildman–Crippen LogP) is 3.09. The monoisotopic (exact) mass is 357 g/mol. The molecule has 0 radical (unpaired) electrons.